The molecule has 2 saturated heterocycles. The Bertz CT molecular complexity index is 897. The Hall–Kier alpha value is -1.10. The van der Waals surface area contributed by atoms with Crippen LogP contribution in [0, 0.1) is 0 Å². The molecule has 0 aliphatic carbocycles. The third-order valence-corrected chi connectivity index (χ3v) is 7.65. The highest BCUT2D eigenvalue weighted by molar-refractivity contribution is 9.10. The van der Waals surface area contributed by atoms with Gasteiger partial charge in [0.1, 0.15) is 4.32 Å². The van der Waals surface area contributed by atoms with Gasteiger partial charge in [-0.1, -0.05) is 24.0 Å². The summed E-state index contributed by atoms with van der Waals surface area (Å²) in [5.74, 6) is -0.0112. The van der Waals surface area contributed by atoms with Crippen LogP contribution in [-0.2, 0) is 14.6 Å². The maximum Gasteiger partial charge on any atom is 0.266 e. The van der Waals surface area contributed by atoms with Gasteiger partial charge in [0.2, 0.25) is 0 Å². The number of carbonyl (C=O) groups excluding carboxylic acids is 1. The van der Waals surface area contributed by atoms with Crippen molar-refractivity contribution < 1.29 is 23.1 Å². The van der Waals surface area contributed by atoms with Crippen LogP contribution in [0.2, 0.25) is 0 Å². The number of sulfone groups is 1. The fourth-order valence-corrected chi connectivity index (χ4v) is 6.32. The first-order chi connectivity index (χ1) is 11.7. The van der Waals surface area contributed by atoms with E-state index in [9.17, 15) is 18.3 Å². The smallest absolute Gasteiger partial charge is 0.266 e. The Morgan fingerprint density at radius 1 is 1.48 bits per heavy atom. The number of phenols is 1. The molecule has 1 amide bonds. The van der Waals surface area contributed by atoms with Gasteiger partial charge in [-0.25, -0.2) is 8.42 Å². The number of aromatic hydroxyl groups is 1. The van der Waals surface area contributed by atoms with E-state index in [4.69, 9.17) is 17.0 Å². The molecule has 1 N–H and O–H groups in total. The van der Waals surface area contributed by atoms with E-state index in [1.54, 1.807) is 18.2 Å². The van der Waals surface area contributed by atoms with E-state index in [2.05, 4.69) is 15.9 Å². The van der Waals surface area contributed by atoms with Crippen molar-refractivity contribution in [3.8, 4) is 11.5 Å². The molecule has 1 aromatic rings. The Labute approximate surface area is 163 Å². The zero-order chi connectivity index (χ0) is 18.4. The number of ether oxygens (including phenoxy) is 1. The third-order valence-electron chi connectivity index (χ3n) is 3.97. The summed E-state index contributed by atoms with van der Waals surface area (Å²) in [7, 11) is -1.67. The van der Waals surface area contributed by atoms with E-state index in [-0.39, 0.29) is 28.9 Å². The molecule has 2 aliphatic heterocycles. The van der Waals surface area contributed by atoms with Crippen molar-refractivity contribution in [2.75, 3.05) is 18.6 Å². The number of rotatable bonds is 3. The van der Waals surface area contributed by atoms with Crippen LogP contribution < -0.4 is 4.74 Å². The topological polar surface area (TPSA) is 83.9 Å². The molecule has 6 nitrogen and oxygen atoms in total. The lowest BCUT2D eigenvalue weighted by Crippen LogP contribution is -2.39. The maximum atomic E-state index is 12.7. The first-order valence-electron chi connectivity index (χ1n) is 7.26. The second-order valence-electron chi connectivity index (χ2n) is 5.66. The van der Waals surface area contributed by atoms with Crippen molar-refractivity contribution in [2.24, 2.45) is 0 Å². The minimum Gasteiger partial charge on any atom is -0.503 e. The average molecular weight is 464 g/mol. The van der Waals surface area contributed by atoms with Gasteiger partial charge in [-0.15, -0.1) is 0 Å². The van der Waals surface area contributed by atoms with Crippen molar-refractivity contribution in [1.82, 2.24) is 4.90 Å². The van der Waals surface area contributed by atoms with Crippen LogP contribution in [0.25, 0.3) is 6.08 Å². The van der Waals surface area contributed by atoms with Crippen LogP contribution in [0.3, 0.4) is 0 Å². The lowest BCUT2D eigenvalue weighted by Gasteiger charge is -2.20. The quantitative estimate of drug-likeness (QED) is 0.544. The van der Waals surface area contributed by atoms with Crippen LogP contribution in [0.5, 0.6) is 11.5 Å². The van der Waals surface area contributed by atoms with Gasteiger partial charge >= 0.3 is 0 Å². The lowest BCUT2D eigenvalue weighted by atomic mass is 10.1. The van der Waals surface area contributed by atoms with Crippen molar-refractivity contribution in [3.05, 3.63) is 27.1 Å². The SMILES string of the molecule is COc1cc(/C=C2\SC(=S)N([C@H]3CCS(=O)(=O)C3)C2=O)cc(Br)c1O. The zero-order valence-electron chi connectivity index (χ0n) is 13.1. The van der Waals surface area contributed by atoms with Gasteiger partial charge in [-0.2, -0.15) is 0 Å². The molecule has 3 rings (SSSR count). The highest BCUT2D eigenvalue weighted by atomic mass is 79.9. The summed E-state index contributed by atoms with van der Waals surface area (Å²) in [6.07, 6.45) is 2.05. The highest BCUT2D eigenvalue weighted by Crippen LogP contribution is 2.39. The third kappa shape index (κ3) is 3.71. The Balaban J connectivity index is 1.90. The number of phenolic OH excluding ortho intramolecular Hbond substituents is 1. The summed E-state index contributed by atoms with van der Waals surface area (Å²) < 4.78 is 29.3. The molecule has 0 saturated carbocycles. The highest BCUT2D eigenvalue weighted by Gasteiger charge is 2.42. The van der Waals surface area contributed by atoms with Crippen molar-refractivity contribution in [2.45, 2.75) is 12.5 Å². The predicted molar refractivity (Wildman–Crippen MR) is 104 cm³/mol. The summed E-state index contributed by atoms with van der Waals surface area (Å²) >= 11 is 9.66. The number of nitrogens with zero attached hydrogens (tertiary/aromatic N) is 1. The molecule has 0 aromatic heterocycles. The molecule has 2 fully saturated rings. The van der Waals surface area contributed by atoms with Gasteiger partial charge in [0.15, 0.2) is 21.3 Å². The van der Waals surface area contributed by atoms with Gasteiger partial charge in [0, 0.05) is 0 Å². The van der Waals surface area contributed by atoms with Gasteiger partial charge in [-0.05, 0) is 46.1 Å². The fraction of sp³-hybridized carbons (Fsp3) is 0.333. The number of hydrogen-bond acceptors (Lipinski definition) is 7. The number of methoxy groups -OCH3 is 1. The molecule has 134 valence electrons. The van der Waals surface area contributed by atoms with Gasteiger partial charge in [0.05, 0.1) is 34.0 Å². The number of amides is 1. The maximum absolute atomic E-state index is 12.7. The number of thiocarbonyl (C=S) groups is 1. The molecule has 1 aromatic carbocycles. The molecule has 25 heavy (non-hydrogen) atoms. The van der Waals surface area contributed by atoms with E-state index in [0.717, 1.165) is 11.8 Å². The Morgan fingerprint density at radius 3 is 2.80 bits per heavy atom. The number of halogens is 1. The number of carbonyl (C=O) groups is 1. The van der Waals surface area contributed by atoms with Crippen molar-refractivity contribution in [1.29, 1.82) is 0 Å². The summed E-state index contributed by atoms with van der Waals surface area (Å²) in [6, 6.07) is 2.86. The van der Waals surface area contributed by atoms with E-state index < -0.39 is 15.9 Å². The zero-order valence-corrected chi connectivity index (χ0v) is 17.1. The van der Waals surface area contributed by atoms with E-state index in [1.807, 2.05) is 0 Å². The molecule has 10 heteroatoms. The van der Waals surface area contributed by atoms with Crippen LogP contribution in [0.4, 0.5) is 0 Å². The van der Waals surface area contributed by atoms with Crippen LogP contribution in [0.15, 0.2) is 21.5 Å². The summed E-state index contributed by atoms with van der Waals surface area (Å²) in [4.78, 5) is 14.5. The van der Waals surface area contributed by atoms with Crippen molar-refractivity contribution in [3.63, 3.8) is 0 Å². The van der Waals surface area contributed by atoms with Crippen LogP contribution in [-0.4, -0.2) is 53.3 Å². The second-order valence-corrected chi connectivity index (χ2v) is 10.4. The Morgan fingerprint density at radius 2 is 2.20 bits per heavy atom. The largest absolute Gasteiger partial charge is 0.503 e. The van der Waals surface area contributed by atoms with E-state index in [0.29, 0.717) is 25.7 Å². The normalized spacial score (nSPS) is 24.3. The van der Waals surface area contributed by atoms with Crippen molar-refractivity contribution >= 4 is 66.1 Å². The molecule has 0 radical (unpaired) electrons. The minimum atomic E-state index is -3.11. The van der Waals surface area contributed by atoms with Crippen LogP contribution in [0.1, 0.15) is 12.0 Å². The summed E-state index contributed by atoms with van der Waals surface area (Å²) in [5, 5.41) is 9.86. The minimum absolute atomic E-state index is 0.0247. The lowest BCUT2D eigenvalue weighted by molar-refractivity contribution is -0.123. The number of thioether (sulfide) groups is 1. The summed E-state index contributed by atoms with van der Waals surface area (Å²) in [6.45, 7) is 0. The van der Waals surface area contributed by atoms with Gasteiger partial charge in [-0.3, -0.25) is 9.69 Å². The first kappa shape index (κ1) is 18.7. The molecular weight excluding hydrogens is 450 g/mol. The molecule has 0 spiro atoms. The monoisotopic (exact) mass is 463 g/mol. The first-order valence-corrected chi connectivity index (χ1v) is 11.1. The predicted octanol–water partition coefficient (Wildman–Crippen LogP) is 2.55. The van der Waals surface area contributed by atoms with E-state index >= 15 is 0 Å². The van der Waals surface area contributed by atoms with Crippen LogP contribution >= 0.6 is 39.9 Å². The molecule has 2 aliphatic rings. The Kier molecular flexibility index (Phi) is 5.16. The average Bonchev–Trinajstić information content (AvgIpc) is 3.02. The van der Waals surface area contributed by atoms with Gasteiger partial charge < -0.3 is 9.84 Å². The van der Waals surface area contributed by atoms with E-state index in [1.165, 1.54) is 12.0 Å². The molecule has 2 heterocycles. The second kappa shape index (κ2) is 6.90. The molecule has 0 unspecified atom stereocenters. The van der Waals surface area contributed by atoms with Gasteiger partial charge in [0.25, 0.3) is 5.91 Å². The molecule has 0 bridgehead atoms. The fourth-order valence-electron chi connectivity index (χ4n) is 2.76. The number of benzene rings is 1. The standard InChI is InChI=1S/C15H14BrNO5S3/c1-22-11-5-8(4-10(16)13(11)18)6-12-14(19)17(15(23)24-12)9-2-3-25(20,21)7-9/h4-6,9,18H,2-3,7H2,1H3/b12-6-/t9-/m0/s1. The summed E-state index contributed by atoms with van der Waals surface area (Å²) in [5.41, 5.74) is 0.654. The molecule has 1 atom stereocenters. The molecular formula is C15H14BrNO5S3. The number of hydrogen-bond donors (Lipinski definition) is 1.